The van der Waals surface area contributed by atoms with E-state index in [9.17, 15) is 14.4 Å². The van der Waals surface area contributed by atoms with Gasteiger partial charge in [0.15, 0.2) is 0 Å². The second-order valence-corrected chi connectivity index (χ2v) is 5.61. The van der Waals surface area contributed by atoms with E-state index in [2.05, 4.69) is 5.32 Å². The van der Waals surface area contributed by atoms with E-state index in [0.717, 1.165) is 4.90 Å². The number of rotatable bonds is 4. The Morgan fingerprint density at radius 3 is 2.72 bits per heavy atom. The molecule has 0 bridgehead atoms. The molecule has 0 spiro atoms. The molecule has 0 atom stereocenters. The fraction of sp³-hybridized carbons (Fsp3) is 0.353. The first-order chi connectivity index (χ1) is 12.1. The lowest BCUT2D eigenvalue weighted by molar-refractivity contribution is -0.139. The van der Waals surface area contributed by atoms with Gasteiger partial charge in [-0.3, -0.25) is 9.59 Å². The molecule has 25 heavy (non-hydrogen) atoms. The normalized spacial score (nSPS) is 19.3. The molecular formula is C17H19N3O5. The van der Waals surface area contributed by atoms with Gasteiger partial charge in [0, 0.05) is 18.7 Å². The van der Waals surface area contributed by atoms with Crippen LogP contribution in [0.2, 0.25) is 0 Å². The molecule has 0 radical (unpaired) electrons. The van der Waals surface area contributed by atoms with E-state index in [1.54, 1.807) is 23.1 Å². The van der Waals surface area contributed by atoms with Crippen molar-refractivity contribution >= 4 is 23.9 Å². The van der Waals surface area contributed by atoms with Gasteiger partial charge in [-0.2, -0.15) is 0 Å². The Kier molecular flexibility index (Phi) is 4.99. The summed E-state index contributed by atoms with van der Waals surface area (Å²) < 4.78 is 10.4. The number of urea groups is 1. The predicted octanol–water partition coefficient (Wildman–Crippen LogP) is 0.447. The van der Waals surface area contributed by atoms with Crippen LogP contribution in [-0.4, -0.2) is 67.6 Å². The lowest BCUT2D eigenvalue weighted by Crippen LogP contribution is -2.47. The highest BCUT2D eigenvalue weighted by atomic mass is 16.5. The molecule has 0 aromatic heterocycles. The highest BCUT2D eigenvalue weighted by Crippen LogP contribution is 2.22. The number of morpholine rings is 1. The molecule has 0 unspecified atom stereocenters. The lowest BCUT2D eigenvalue weighted by Gasteiger charge is -2.27. The van der Waals surface area contributed by atoms with Crippen LogP contribution in [0.5, 0.6) is 5.75 Å². The SMILES string of the molecule is COc1ccccc1/C=C1\NC(=O)N(CC(=O)N2CCOCC2)C1=O. The van der Waals surface area contributed by atoms with Crippen molar-refractivity contribution in [3.05, 3.63) is 35.5 Å². The van der Waals surface area contributed by atoms with Crippen LogP contribution in [0, 0.1) is 0 Å². The van der Waals surface area contributed by atoms with Crippen molar-refractivity contribution in [2.75, 3.05) is 40.0 Å². The minimum absolute atomic E-state index is 0.115. The molecule has 8 heteroatoms. The number of carbonyl (C=O) groups excluding carboxylic acids is 3. The summed E-state index contributed by atoms with van der Waals surface area (Å²) in [6.07, 6.45) is 1.54. The number of para-hydroxylation sites is 1. The third-order valence-electron chi connectivity index (χ3n) is 4.06. The number of methoxy groups -OCH3 is 1. The molecule has 0 saturated carbocycles. The summed E-state index contributed by atoms with van der Waals surface area (Å²) in [5, 5.41) is 2.51. The molecule has 8 nitrogen and oxygen atoms in total. The zero-order chi connectivity index (χ0) is 17.8. The number of nitrogens with zero attached hydrogens (tertiary/aromatic N) is 2. The van der Waals surface area contributed by atoms with Crippen molar-refractivity contribution in [1.29, 1.82) is 0 Å². The van der Waals surface area contributed by atoms with E-state index in [-0.39, 0.29) is 18.1 Å². The number of ether oxygens (including phenoxy) is 2. The van der Waals surface area contributed by atoms with Crippen LogP contribution >= 0.6 is 0 Å². The van der Waals surface area contributed by atoms with Gasteiger partial charge in [0.2, 0.25) is 5.91 Å². The standard InChI is InChI=1S/C17H19N3O5/c1-24-14-5-3-2-4-12(14)10-13-16(22)20(17(23)18-13)11-15(21)19-6-8-25-9-7-19/h2-5,10H,6-9,11H2,1H3,(H,18,23)/b13-10-. The quantitative estimate of drug-likeness (QED) is 0.632. The van der Waals surface area contributed by atoms with E-state index in [1.807, 2.05) is 6.07 Å². The van der Waals surface area contributed by atoms with E-state index < -0.39 is 11.9 Å². The lowest BCUT2D eigenvalue weighted by atomic mass is 10.1. The summed E-state index contributed by atoms with van der Waals surface area (Å²) >= 11 is 0. The zero-order valence-corrected chi connectivity index (χ0v) is 13.9. The summed E-state index contributed by atoms with van der Waals surface area (Å²) in [6, 6.07) is 6.53. The summed E-state index contributed by atoms with van der Waals surface area (Å²) in [6.45, 7) is 1.57. The molecular weight excluding hydrogens is 326 g/mol. The highest BCUT2D eigenvalue weighted by Gasteiger charge is 2.36. The van der Waals surface area contributed by atoms with Crippen LogP contribution in [0.1, 0.15) is 5.56 Å². The van der Waals surface area contributed by atoms with Gasteiger partial charge >= 0.3 is 6.03 Å². The van der Waals surface area contributed by atoms with Gasteiger partial charge in [-0.15, -0.1) is 0 Å². The average Bonchev–Trinajstić information content (AvgIpc) is 2.90. The highest BCUT2D eigenvalue weighted by molar-refractivity contribution is 6.15. The van der Waals surface area contributed by atoms with Gasteiger partial charge in [-0.1, -0.05) is 18.2 Å². The maximum Gasteiger partial charge on any atom is 0.329 e. The Bertz CT molecular complexity index is 725. The number of imide groups is 1. The smallest absolute Gasteiger partial charge is 0.329 e. The molecule has 2 heterocycles. The fourth-order valence-corrected chi connectivity index (χ4v) is 2.70. The van der Waals surface area contributed by atoms with Crippen LogP contribution in [0.4, 0.5) is 4.79 Å². The first-order valence-corrected chi connectivity index (χ1v) is 7.93. The van der Waals surface area contributed by atoms with Crippen molar-refractivity contribution in [1.82, 2.24) is 15.1 Å². The number of benzene rings is 1. The fourth-order valence-electron chi connectivity index (χ4n) is 2.70. The average molecular weight is 345 g/mol. The second-order valence-electron chi connectivity index (χ2n) is 5.61. The van der Waals surface area contributed by atoms with Crippen molar-refractivity contribution in [3.63, 3.8) is 0 Å². The van der Waals surface area contributed by atoms with Crippen molar-refractivity contribution in [2.24, 2.45) is 0 Å². The second kappa shape index (κ2) is 7.35. The Balaban J connectivity index is 1.73. The van der Waals surface area contributed by atoms with E-state index in [0.29, 0.717) is 37.6 Å². The van der Waals surface area contributed by atoms with Crippen LogP contribution in [0.3, 0.4) is 0 Å². The van der Waals surface area contributed by atoms with Gasteiger partial charge in [-0.05, 0) is 12.1 Å². The third kappa shape index (κ3) is 3.63. The Labute approximate surface area is 145 Å². The molecule has 1 aromatic rings. The largest absolute Gasteiger partial charge is 0.496 e. The topological polar surface area (TPSA) is 88.2 Å². The zero-order valence-electron chi connectivity index (χ0n) is 13.9. The summed E-state index contributed by atoms with van der Waals surface area (Å²) in [4.78, 5) is 39.3. The van der Waals surface area contributed by atoms with Gasteiger partial charge in [-0.25, -0.2) is 9.69 Å². The molecule has 4 amide bonds. The summed E-state index contributed by atoms with van der Waals surface area (Å²) in [5.74, 6) is -0.220. The molecule has 1 aromatic carbocycles. The van der Waals surface area contributed by atoms with Crippen LogP contribution in [0.15, 0.2) is 30.0 Å². The van der Waals surface area contributed by atoms with Gasteiger partial charge in [0.25, 0.3) is 5.91 Å². The molecule has 132 valence electrons. The number of hydrogen-bond acceptors (Lipinski definition) is 5. The van der Waals surface area contributed by atoms with Crippen molar-refractivity contribution in [2.45, 2.75) is 0 Å². The van der Waals surface area contributed by atoms with Gasteiger partial charge in [0.1, 0.15) is 18.0 Å². The Morgan fingerprint density at radius 2 is 2.00 bits per heavy atom. The number of hydrogen-bond donors (Lipinski definition) is 1. The first kappa shape index (κ1) is 17.0. The molecule has 2 saturated heterocycles. The summed E-state index contributed by atoms with van der Waals surface area (Å²) in [7, 11) is 1.53. The molecule has 1 N–H and O–H groups in total. The number of nitrogens with one attached hydrogen (secondary N) is 1. The van der Waals surface area contributed by atoms with Crippen LogP contribution in [0.25, 0.3) is 6.08 Å². The van der Waals surface area contributed by atoms with Crippen LogP contribution < -0.4 is 10.1 Å². The summed E-state index contributed by atoms with van der Waals surface area (Å²) in [5.41, 5.74) is 0.777. The minimum Gasteiger partial charge on any atom is -0.496 e. The Morgan fingerprint density at radius 1 is 1.28 bits per heavy atom. The van der Waals surface area contributed by atoms with Crippen LogP contribution in [-0.2, 0) is 14.3 Å². The van der Waals surface area contributed by atoms with Crippen molar-refractivity contribution < 1.29 is 23.9 Å². The molecule has 2 aliphatic heterocycles. The molecule has 2 fully saturated rings. The number of carbonyl (C=O) groups is 3. The van der Waals surface area contributed by atoms with E-state index in [1.165, 1.54) is 13.2 Å². The monoisotopic (exact) mass is 345 g/mol. The maximum atomic E-state index is 12.5. The Hall–Kier alpha value is -2.87. The maximum absolute atomic E-state index is 12.5. The third-order valence-corrected chi connectivity index (χ3v) is 4.06. The van der Waals surface area contributed by atoms with E-state index in [4.69, 9.17) is 9.47 Å². The number of amides is 4. The van der Waals surface area contributed by atoms with Gasteiger partial charge in [0.05, 0.1) is 20.3 Å². The molecule has 0 aliphatic carbocycles. The van der Waals surface area contributed by atoms with E-state index >= 15 is 0 Å². The first-order valence-electron chi connectivity index (χ1n) is 7.93. The predicted molar refractivity (Wildman–Crippen MR) is 88.6 cm³/mol. The molecule has 3 rings (SSSR count). The minimum atomic E-state index is -0.604. The van der Waals surface area contributed by atoms with Crippen molar-refractivity contribution in [3.8, 4) is 5.75 Å². The van der Waals surface area contributed by atoms with Gasteiger partial charge < -0.3 is 19.7 Å². The molecule has 2 aliphatic rings.